The van der Waals surface area contributed by atoms with Gasteiger partial charge in [0.15, 0.2) is 0 Å². The van der Waals surface area contributed by atoms with Crippen molar-refractivity contribution >= 4 is 27.8 Å². The molecule has 0 fully saturated rings. The first-order valence-corrected chi connectivity index (χ1v) is 7.82. The van der Waals surface area contributed by atoms with E-state index < -0.39 is 0 Å². The summed E-state index contributed by atoms with van der Waals surface area (Å²) in [5.41, 5.74) is 1.87. The van der Waals surface area contributed by atoms with Gasteiger partial charge in [0.2, 0.25) is 0 Å². The second-order valence-electron chi connectivity index (χ2n) is 4.47. The summed E-state index contributed by atoms with van der Waals surface area (Å²) in [5.74, 6) is 1.64. The molecule has 0 amide bonds. The standard InChI is InChI=1S/C18H18BrNO2/c1-3-11-22-18-10-5-14(12-17(18)19)13-20-15-6-8-16(9-7-15)21-4-2/h3,5-10,12-13H,1,4,11H2,2H3. The highest BCUT2D eigenvalue weighted by molar-refractivity contribution is 9.10. The van der Waals surface area contributed by atoms with Gasteiger partial charge in [0.25, 0.3) is 0 Å². The van der Waals surface area contributed by atoms with Crippen LogP contribution in [0.3, 0.4) is 0 Å². The van der Waals surface area contributed by atoms with Crippen LogP contribution in [-0.2, 0) is 0 Å². The Morgan fingerprint density at radius 3 is 2.55 bits per heavy atom. The Bertz CT molecular complexity index is 651. The van der Waals surface area contributed by atoms with Crippen LogP contribution in [0.4, 0.5) is 5.69 Å². The lowest BCUT2D eigenvalue weighted by molar-refractivity contribution is 0.340. The number of ether oxygens (including phenoxy) is 2. The molecule has 0 saturated carbocycles. The predicted octanol–water partition coefficient (Wildman–Crippen LogP) is 5.16. The number of hydrogen-bond acceptors (Lipinski definition) is 3. The molecule has 0 N–H and O–H groups in total. The van der Waals surface area contributed by atoms with E-state index in [1.54, 1.807) is 6.08 Å². The molecule has 0 heterocycles. The average molecular weight is 360 g/mol. The molecule has 0 aliphatic rings. The highest BCUT2D eigenvalue weighted by Crippen LogP contribution is 2.26. The van der Waals surface area contributed by atoms with Crippen LogP contribution in [-0.4, -0.2) is 19.4 Å². The van der Waals surface area contributed by atoms with Crippen LogP contribution >= 0.6 is 15.9 Å². The van der Waals surface area contributed by atoms with Crippen LogP contribution in [0.25, 0.3) is 0 Å². The summed E-state index contributed by atoms with van der Waals surface area (Å²) in [7, 11) is 0. The van der Waals surface area contributed by atoms with Gasteiger partial charge >= 0.3 is 0 Å². The van der Waals surface area contributed by atoms with Crippen LogP contribution in [0.15, 0.2) is 64.6 Å². The largest absolute Gasteiger partial charge is 0.494 e. The summed E-state index contributed by atoms with van der Waals surface area (Å²) in [5, 5.41) is 0. The van der Waals surface area contributed by atoms with Gasteiger partial charge in [-0.3, -0.25) is 4.99 Å². The maximum absolute atomic E-state index is 5.52. The quantitative estimate of drug-likeness (QED) is 0.504. The van der Waals surface area contributed by atoms with E-state index in [1.165, 1.54) is 0 Å². The zero-order valence-electron chi connectivity index (χ0n) is 12.5. The van der Waals surface area contributed by atoms with Crippen LogP contribution in [0, 0.1) is 0 Å². The Kier molecular flexibility index (Phi) is 6.22. The Morgan fingerprint density at radius 1 is 1.14 bits per heavy atom. The van der Waals surface area contributed by atoms with Gasteiger partial charge in [-0.25, -0.2) is 0 Å². The van der Waals surface area contributed by atoms with Crippen LogP contribution in [0.5, 0.6) is 11.5 Å². The van der Waals surface area contributed by atoms with Crippen molar-refractivity contribution in [2.24, 2.45) is 4.99 Å². The van der Waals surface area contributed by atoms with Crippen LogP contribution < -0.4 is 9.47 Å². The zero-order valence-corrected chi connectivity index (χ0v) is 14.0. The highest BCUT2D eigenvalue weighted by atomic mass is 79.9. The number of rotatable bonds is 7. The Morgan fingerprint density at radius 2 is 1.91 bits per heavy atom. The van der Waals surface area contributed by atoms with Gasteiger partial charge in [-0.2, -0.15) is 0 Å². The highest BCUT2D eigenvalue weighted by Gasteiger charge is 2.01. The van der Waals surface area contributed by atoms with Crippen molar-refractivity contribution < 1.29 is 9.47 Å². The van der Waals surface area contributed by atoms with Crippen LogP contribution in [0.1, 0.15) is 12.5 Å². The van der Waals surface area contributed by atoms with Crippen molar-refractivity contribution in [1.29, 1.82) is 0 Å². The van der Waals surface area contributed by atoms with Crippen LogP contribution in [0.2, 0.25) is 0 Å². The van der Waals surface area contributed by atoms with Gasteiger partial charge in [0.1, 0.15) is 18.1 Å². The molecule has 0 spiro atoms. The number of aliphatic imine (C=N–C) groups is 1. The zero-order chi connectivity index (χ0) is 15.8. The molecule has 3 nitrogen and oxygen atoms in total. The summed E-state index contributed by atoms with van der Waals surface area (Å²) in [6.07, 6.45) is 3.53. The molecule has 0 aromatic heterocycles. The van der Waals surface area contributed by atoms with E-state index in [1.807, 2.05) is 55.6 Å². The minimum absolute atomic E-state index is 0.484. The van der Waals surface area contributed by atoms with Crippen molar-refractivity contribution in [1.82, 2.24) is 0 Å². The molecule has 0 aliphatic carbocycles. The summed E-state index contributed by atoms with van der Waals surface area (Å²) in [6.45, 7) is 6.75. The predicted molar refractivity (Wildman–Crippen MR) is 94.7 cm³/mol. The van der Waals surface area contributed by atoms with E-state index in [4.69, 9.17) is 9.47 Å². The van der Waals surface area contributed by atoms with Gasteiger partial charge in [-0.05, 0) is 70.9 Å². The number of benzene rings is 2. The Hall–Kier alpha value is -2.07. The minimum Gasteiger partial charge on any atom is -0.494 e. The Balaban J connectivity index is 2.06. The minimum atomic E-state index is 0.484. The molecule has 0 saturated heterocycles. The summed E-state index contributed by atoms with van der Waals surface area (Å²) < 4.78 is 11.8. The van der Waals surface area contributed by atoms with Gasteiger partial charge in [-0.1, -0.05) is 12.7 Å². The van der Waals surface area contributed by atoms with E-state index in [2.05, 4.69) is 27.5 Å². The molecular weight excluding hydrogens is 342 g/mol. The number of halogens is 1. The van der Waals surface area contributed by atoms with E-state index in [-0.39, 0.29) is 0 Å². The third-order valence-electron chi connectivity index (χ3n) is 2.82. The molecule has 0 bridgehead atoms. The normalized spacial score (nSPS) is 10.6. The summed E-state index contributed by atoms with van der Waals surface area (Å²) >= 11 is 3.49. The first-order chi connectivity index (χ1) is 10.7. The van der Waals surface area contributed by atoms with E-state index in [0.29, 0.717) is 13.2 Å². The third kappa shape index (κ3) is 4.74. The SMILES string of the molecule is C=CCOc1ccc(C=Nc2ccc(OCC)cc2)cc1Br. The fraction of sp³-hybridized carbons (Fsp3) is 0.167. The molecular formula is C18H18BrNO2. The molecule has 22 heavy (non-hydrogen) atoms. The van der Waals surface area contributed by atoms with Gasteiger partial charge in [0, 0.05) is 6.21 Å². The fourth-order valence-corrected chi connectivity index (χ4v) is 2.32. The maximum Gasteiger partial charge on any atom is 0.133 e. The Labute approximate surface area is 139 Å². The second kappa shape index (κ2) is 8.39. The van der Waals surface area contributed by atoms with Crippen molar-refractivity contribution in [2.75, 3.05) is 13.2 Å². The lowest BCUT2D eigenvalue weighted by atomic mass is 10.2. The summed E-state index contributed by atoms with van der Waals surface area (Å²) in [4.78, 5) is 4.45. The summed E-state index contributed by atoms with van der Waals surface area (Å²) in [6, 6.07) is 13.5. The monoisotopic (exact) mass is 359 g/mol. The molecule has 0 atom stereocenters. The maximum atomic E-state index is 5.52. The first-order valence-electron chi connectivity index (χ1n) is 7.03. The second-order valence-corrected chi connectivity index (χ2v) is 5.33. The fourth-order valence-electron chi connectivity index (χ4n) is 1.81. The molecule has 2 aromatic rings. The van der Waals surface area contributed by atoms with E-state index in [0.717, 1.165) is 27.2 Å². The van der Waals surface area contributed by atoms with Crippen molar-refractivity contribution in [2.45, 2.75) is 6.92 Å². The van der Waals surface area contributed by atoms with Gasteiger partial charge in [0.05, 0.1) is 16.8 Å². The van der Waals surface area contributed by atoms with E-state index in [9.17, 15) is 0 Å². The number of hydrogen-bond donors (Lipinski definition) is 0. The van der Waals surface area contributed by atoms with Crippen molar-refractivity contribution in [3.63, 3.8) is 0 Å². The molecule has 0 radical (unpaired) electrons. The van der Waals surface area contributed by atoms with Crippen molar-refractivity contribution in [3.05, 3.63) is 65.2 Å². The molecule has 114 valence electrons. The van der Waals surface area contributed by atoms with Crippen molar-refractivity contribution in [3.8, 4) is 11.5 Å². The third-order valence-corrected chi connectivity index (χ3v) is 3.44. The molecule has 0 unspecified atom stereocenters. The van der Waals surface area contributed by atoms with Gasteiger partial charge in [-0.15, -0.1) is 0 Å². The molecule has 2 aromatic carbocycles. The van der Waals surface area contributed by atoms with Gasteiger partial charge < -0.3 is 9.47 Å². The molecule has 0 aliphatic heterocycles. The molecule has 2 rings (SSSR count). The number of nitrogens with zero attached hydrogens (tertiary/aromatic N) is 1. The average Bonchev–Trinajstić information content (AvgIpc) is 2.54. The lowest BCUT2D eigenvalue weighted by Gasteiger charge is -2.06. The van der Waals surface area contributed by atoms with E-state index >= 15 is 0 Å². The molecule has 4 heteroatoms. The smallest absolute Gasteiger partial charge is 0.133 e. The lowest BCUT2D eigenvalue weighted by Crippen LogP contribution is -1.94. The topological polar surface area (TPSA) is 30.8 Å². The first kappa shape index (κ1) is 16.3.